The number of para-hydroxylation sites is 1. The summed E-state index contributed by atoms with van der Waals surface area (Å²) >= 11 is 0. The van der Waals surface area contributed by atoms with Crippen LogP contribution in [0.3, 0.4) is 0 Å². The number of nitrogens with zero attached hydrogens (tertiary/aromatic N) is 4. The molecule has 4 aromatic rings. The van der Waals surface area contributed by atoms with Crippen molar-refractivity contribution in [3.63, 3.8) is 0 Å². The number of hydrogen-bond donors (Lipinski definition) is 2. The predicted octanol–water partition coefficient (Wildman–Crippen LogP) is 4.57. The zero-order valence-corrected chi connectivity index (χ0v) is 19.9. The fourth-order valence-electron chi connectivity index (χ4n) is 4.62. The van der Waals surface area contributed by atoms with Crippen LogP contribution in [0.15, 0.2) is 54.9 Å². The molecule has 1 saturated carbocycles. The number of amides is 1. The van der Waals surface area contributed by atoms with Gasteiger partial charge in [-0.2, -0.15) is 4.98 Å². The quantitative estimate of drug-likeness (QED) is 0.410. The Balaban J connectivity index is 1.28. The van der Waals surface area contributed by atoms with Crippen molar-refractivity contribution in [2.75, 3.05) is 12.3 Å². The van der Waals surface area contributed by atoms with E-state index in [0.717, 1.165) is 29.0 Å². The van der Waals surface area contributed by atoms with Crippen LogP contribution in [0, 0.1) is 12.8 Å². The highest BCUT2D eigenvalue weighted by molar-refractivity contribution is 5.96. The largest absolute Gasteiger partial charge is 0.493 e. The zero-order chi connectivity index (χ0) is 24.2. The summed E-state index contributed by atoms with van der Waals surface area (Å²) in [5, 5.41) is 7.15. The van der Waals surface area contributed by atoms with Crippen LogP contribution in [-0.2, 0) is 6.54 Å². The van der Waals surface area contributed by atoms with E-state index in [4.69, 9.17) is 10.5 Å². The minimum Gasteiger partial charge on any atom is -0.493 e. The molecule has 3 heterocycles. The van der Waals surface area contributed by atoms with Crippen LogP contribution in [0.4, 0.5) is 5.95 Å². The van der Waals surface area contributed by atoms with Gasteiger partial charge in [0.15, 0.2) is 5.65 Å². The molecule has 0 saturated heterocycles. The van der Waals surface area contributed by atoms with Crippen molar-refractivity contribution >= 4 is 17.5 Å². The van der Waals surface area contributed by atoms with Gasteiger partial charge in [0, 0.05) is 30.1 Å². The predicted molar refractivity (Wildman–Crippen MR) is 135 cm³/mol. The maximum Gasteiger partial charge on any atom is 0.253 e. The van der Waals surface area contributed by atoms with E-state index >= 15 is 0 Å². The number of nitrogens with one attached hydrogen (secondary N) is 1. The molecule has 8 heteroatoms. The Morgan fingerprint density at radius 1 is 1.14 bits per heavy atom. The van der Waals surface area contributed by atoms with Crippen LogP contribution < -0.4 is 15.8 Å². The molecule has 3 N–H and O–H groups in total. The number of nitrogen functional groups attached to an aromatic ring is 1. The Labute approximate surface area is 204 Å². The first-order chi connectivity index (χ1) is 17.1. The van der Waals surface area contributed by atoms with Crippen molar-refractivity contribution in [3.05, 3.63) is 71.7 Å². The molecule has 0 unspecified atom stereocenters. The van der Waals surface area contributed by atoms with Crippen LogP contribution in [0.25, 0.3) is 16.8 Å². The standard InChI is InChI=1S/C27H30N6O2/c1-18-23(13-22(16-29-18)20-11-12-33-25(14-20)31-27(28)32-33)26(34)30-15-21-9-5-6-10-24(21)35-17-19-7-3-2-4-8-19/h5-6,9-14,16,19H,2-4,7-8,15,17H2,1H3,(H2,28,32)(H,30,34). The van der Waals surface area contributed by atoms with Crippen molar-refractivity contribution in [1.29, 1.82) is 0 Å². The van der Waals surface area contributed by atoms with E-state index in [-0.39, 0.29) is 11.9 Å². The summed E-state index contributed by atoms with van der Waals surface area (Å²) in [5.41, 5.74) is 10.2. The molecule has 35 heavy (non-hydrogen) atoms. The summed E-state index contributed by atoms with van der Waals surface area (Å²) in [6.45, 7) is 2.95. The third-order valence-electron chi connectivity index (χ3n) is 6.63. The number of anilines is 1. The van der Waals surface area contributed by atoms with Crippen LogP contribution >= 0.6 is 0 Å². The SMILES string of the molecule is Cc1ncc(-c2ccn3nc(N)nc3c2)cc1C(=O)NCc1ccccc1OCC1CCCCC1. The molecule has 5 rings (SSSR count). The number of hydrogen-bond acceptors (Lipinski definition) is 6. The number of fused-ring (bicyclic) bond motifs is 1. The Hall–Kier alpha value is -3.94. The van der Waals surface area contributed by atoms with E-state index < -0.39 is 0 Å². The summed E-state index contributed by atoms with van der Waals surface area (Å²) in [6.07, 6.45) is 9.93. The molecule has 3 aromatic heterocycles. The number of carbonyl (C=O) groups is 1. The number of ether oxygens (including phenoxy) is 1. The van der Waals surface area contributed by atoms with E-state index in [2.05, 4.69) is 20.4 Å². The zero-order valence-electron chi connectivity index (χ0n) is 19.9. The molecule has 1 fully saturated rings. The highest BCUT2D eigenvalue weighted by Crippen LogP contribution is 2.26. The average molecular weight is 471 g/mol. The Bertz CT molecular complexity index is 1340. The van der Waals surface area contributed by atoms with Gasteiger partial charge in [0.05, 0.1) is 17.9 Å². The van der Waals surface area contributed by atoms with Crippen molar-refractivity contribution < 1.29 is 9.53 Å². The van der Waals surface area contributed by atoms with E-state index in [9.17, 15) is 4.79 Å². The highest BCUT2D eigenvalue weighted by Gasteiger charge is 2.16. The van der Waals surface area contributed by atoms with Gasteiger partial charge < -0.3 is 15.8 Å². The second-order valence-corrected chi connectivity index (χ2v) is 9.15. The van der Waals surface area contributed by atoms with E-state index in [0.29, 0.717) is 29.4 Å². The summed E-state index contributed by atoms with van der Waals surface area (Å²) in [7, 11) is 0. The molecule has 1 aliphatic rings. The van der Waals surface area contributed by atoms with Crippen LogP contribution in [0.1, 0.15) is 53.7 Å². The molecule has 180 valence electrons. The van der Waals surface area contributed by atoms with Crippen molar-refractivity contribution in [2.45, 2.75) is 45.6 Å². The Kier molecular flexibility index (Phi) is 6.61. The molecule has 1 aromatic carbocycles. The fourth-order valence-corrected chi connectivity index (χ4v) is 4.62. The lowest BCUT2D eigenvalue weighted by Gasteiger charge is -2.22. The number of nitrogens with two attached hydrogens (primary N) is 1. The monoisotopic (exact) mass is 470 g/mol. The van der Waals surface area contributed by atoms with Gasteiger partial charge in [-0.05, 0) is 55.5 Å². The molecule has 0 atom stereocenters. The van der Waals surface area contributed by atoms with Gasteiger partial charge in [0.1, 0.15) is 5.75 Å². The molecule has 8 nitrogen and oxygen atoms in total. The van der Waals surface area contributed by atoms with E-state index in [1.807, 2.05) is 49.4 Å². The molecule has 0 aliphatic heterocycles. The normalized spacial score (nSPS) is 14.2. The van der Waals surface area contributed by atoms with Crippen molar-refractivity contribution in [3.8, 4) is 16.9 Å². The Morgan fingerprint density at radius 2 is 1.97 bits per heavy atom. The smallest absolute Gasteiger partial charge is 0.253 e. The van der Waals surface area contributed by atoms with Gasteiger partial charge in [-0.15, -0.1) is 5.10 Å². The van der Waals surface area contributed by atoms with Crippen molar-refractivity contribution in [1.82, 2.24) is 24.9 Å². The first-order valence-electron chi connectivity index (χ1n) is 12.1. The summed E-state index contributed by atoms with van der Waals surface area (Å²) in [4.78, 5) is 21.8. The maximum atomic E-state index is 13.1. The summed E-state index contributed by atoms with van der Waals surface area (Å²) < 4.78 is 7.78. The van der Waals surface area contributed by atoms with Crippen LogP contribution in [-0.4, -0.2) is 32.1 Å². The lowest BCUT2D eigenvalue weighted by molar-refractivity contribution is 0.0949. The van der Waals surface area contributed by atoms with Gasteiger partial charge in [0.2, 0.25) is 5.95 Å². The lowest BCUT2D eigenvalue weighted by atomic mass is 9.90. The van der Waals surface area contributed by atoms with Gasteiger partial charge in [-0.25, -0.2) is 4.52 Å². The minimum absolute atomic E-state index is 0.174. The van der Waals surface area contributed by atoms with Crippen LogP contribution in [0.2, 0.25) is 0 Å². The molecule has 0 radical (unpaired) electrons. The fraction of sp³-hybridized carbons (Fsp3) is 0.333. The molecule has 1 amide bonds. The van der Waals surface area contributed by atoms with Gasteiger partial charge in [0.25, 0.3) is 5.91 Å². The second kappa shape index (κ2) is 10.1. The first-order valence-corrected chi connectivity index (χ1v) is 12.1. The highest BCUT2D eigenvalue weighted by atomic mass is 16.5. The first kappa shape index (κ1) is 22.8. The van der Waals surface area contributed by atoms with Gasteiger partial charge in [-0.3, -0.25) is 9.78 Å². The average Bonchev–Trinajstić information content (AvgIpc) is 3.26. The van der Waals surface area contributed by atoms with E-state index in [1.165, 1.54) is 32.1 Å². The molecule has 1 aliphatic carbocycles. The number of carbonyl (C=O) groups excluding carboxylic acids is 1. The number of benzene rings is 1. The van der Waals surface area contributed by atoms with Gasteiger partial charge in [-0.1, -0.05) is 37.5 Å². The molecule has 0 bridgehead atoms. The van der Waals surface area contributed by atoms with Gasteiger partial charge >= 0.3 is 0 Å². The molecular formula is C27H30N6O2. The third-order valence-corrected chi connectivity index (χ3v) is 6.63. The number of pyridine rings is 2. The number of rotatable bonds is 7. The van der Waals surface area contributed by atoms with Crippen LogP contribution in [0.5, 0.6) is 5.75 Å². The third kappa shape index (κ3) is 5.26. The Morgan fingerprint density at radius 3 is 2.83 bits per heavy atom. The molecular weight excluding hydrogens is 440 g/mol. The maximum absolute atomic E-state index is 13.1. The number of aryl methyl sites for hydroxylation is 1. The van der Waals surface area contributed by atoms with Crippen molar-refractivity contribution in [2.24, 2.45) is 5.92 Å². The lowest BCUT2D eigenvalue weighted by Crippen LogP contribution is -2.24. The summed E-state index contributed by atoms with van der Waals surface area (Å²) in [6, 6.07) is 13.5. The summed E-state index contributed by atoms with van der Waals surface area (Å²) in [5.74, 6) is 1.50. The van der Waals surface area contributed by atoms with E-state index in [1.54, 1.807) is 16.9 Å². The second-order valence-electron chi connectivity index (χ2n) is 9.15. The minimum atomic E-state index is -0.174. The topological polar surface area (TPSA) is 107 Å². The number of aromatic nitrogens is 4. The molecule has 0 spiro atoms.